The van der Waals surface area contributed by atoms with Gasteiger partial charge >= 0.3 is 0 Å². The summed E-state index contributed by atoms with van der Waals surface area (Å²) in [4.78, 5) is 19.8. The van der Waals surface area contributed by atoms with E-state index in [1.165, 1.54) is 6.26 Å². The maximum atomic E-state index is 12.9. The van der Waals surface area contributed by atoms with Gasteiger partial charge in [-0.2, -0.15) is 4.98 Å². The van der Waals surface area contributed by atoms with Crippen LogP contribution in [0.5, 0.6) is 0 Å². The van der Waals surface area contributed by atoms with Gasteiger partial charge in [-0.25, -0.2) is 8.42 Å². The van der Waals surface area contributed by atoms with Gasteiger partial charge in [0.25, 0.3) is 0 Å². The molecule has 1 aliphatic rings. The Kier molecular flexibility index (Phi) is 7.80. The Bertz CT molecular complexity index is 1310. The normalized spacial score (nSPS) is 17.8. The maximum absolute atomic E-state index is 12.9. The zero-order chi connectivity index (χ0) is 25.2. The minimum Gasteiger partial charge on any atom is -0.349 e. The number of piperidine rings is 1. The number of hydrogen-bond acceptors (Lipinski definition) is 7. The Labute approximate surface area is 214 Å². The van der Waals surface area contributed by atoms with E-state index in [9.17, 15) is 13.2 Å². The number of aromatic nitrogens is 2. The standard InChI is InChI=1S/C24H26Cl2N4O4S/c1-15(16-5-8-19(9-6-16)35(2,32)33)27-24(31)17-4-3-11-30(13-17)14-22-28-23(29-34-22)20-10-7-18(25)12-21(20)26/h5-10,12,15,17H,3-4,11,13-14H2,1-2H3,(H,27,31). The summed E-state index contributed by atoms with van der Waals surface area (Å²) in [5, 5.41) is 8.06. The molecular formula is C24H26Cl2N4O4S. The summed E-state index contributed by atoms with van der Waals surface area (Å²) in [7, 11) is -3.26. The quantitative estimate of drug-likeness (QED) is 0.472. The molecule has 0 aliphatic carbocycles. The van der Waals surface area contributed by atoms with Crippen LogP contribution < -0.4 is 5.32 Å². The highest BCUT2D eigenvalue weighted by Crippen LogP contribution is 2.29. The molecule has 1 aromatic heterocycles. The van der Waals surface area contributed by atoms with E-state index >= 15 is 0 Å². The minimum atomic E-state index is -3.26. The highest BCUT2D eigenvalue weighted by atomic mass is 35.5. The van der Waals surface area contributed by atoms with Crippen LogP contribution in [-0.2, 0) is 21.2 Å². The molecule has 1 N–H and O–H groups in total. The van der Waals surface area contributed by atoms with Crippen LogP contribution in [0.4, 0.5) is 0 Å². The predicted molar refractivity (Wildman–Crippen MR) is 134 cm³/mol. The second-order valence-electron chi connectivity index (χ2n) is 8.78. The molecule has 0 spiro atoms. The summed E-state index contributed by atoms with van der Waals surface area (Å²) in [6.45, 7) is 3.72. The first-order valence-electron chi connectivity index (χ1n) is 11.2. The van der Waals surface area contributed by atoms with Gasteiger partial charge < -0.3 is 9.84 Å². The number of hydrogen-bond donors (Lipinski definition) is 1. The van der Waals surface area contributed by atoms with Gasteiger partial charge in [-0.3, -0.25) is 9.69 Å². The summed E-state index contributed by atoms with van der Waals surface area (Å²) in [6, 6.07) is 11.4. The van der Waals surface area contributed by atoms with Crippen LogP contribution in [0, 0.1) is 5.92 Å². The number of nitrogens with zero attached hydrogens (tertiary/aromatic N) is 3. The highest BCUT2D eigenvalue weighted by molar-refractivity contribution is 7.90. The zero-order valence-electron chi connectivity index (χ0n) is 19.4. The number of rotatable bonds is 7. The lowest BCUT2D eigenvalue weighted by Crippen LogP contribution is -2.43. The molecule has 1 amide bonds. The number of likely N-dealkylation sites (tertiary alicyclic amines) is 1. The average molecular weight is 537 g/mol. The van der Waals surface area contributed by atoms with Crippen LogP contribution >= 0.6 is 23.2 Å². The average Bonchev–Trinajstić information content (AvgIpc) is 3.26. The maximum Gasteiger partial charge on any atom is 0.241 e. The van der Waals surface area contributed by atoms with Crippen molar-refractivity contribution in [3.63, 3.8) is 0 Å². The third kappa shape index (κ3) is 6.41. The monoisotopic (exact) mass is 536 g/mol. The van der Waals surface area contributed by atoms with Gasteiger partial charge in [0.2, 0.25) is 17.6 Å². The molecule has 2 atom stereocenters. The molecule has 0 radical (unpaired) electrons. The van der Waals surface area contributed by atoms with E-state index in [0.717, 1.165) is 24.9 Å². The fourth-order valence-corrected chi connectivity index (χ4v) is 5.25. The van der Waals surface area contributed by atoms with Crippen molar-refractivity contribution in [2.24, 2.45) is 5.92 Å². The summed E-state index contributed by atoms with van der Waals surface area (Å²) in [6.07, 6.45) is 2.83. The molecule has 186 valence electrons. The Hall–Kier alpha value is -2.46. The van der Waals surface area contributed by atoms with E-state index in [0.29, 0.717) is 40.4 Å². The van der Waals surface area contributed by atoms with E-state index in [4.69, 9.17) is 27.7 Å². The van der Waals surface area contributed by atoms with Crippen molar-refractivity contribution >= 4 is 38.9 Å². The molecule has 1 fully saturated rings. The molecule has 2 heterocycles. The summed E-state index contributed by atoms with van der Waals surface area (Å²) >= 11 is 12.2. The smallest absolute Gasteiger partial charge is 0.241 e. The van der Waals surface area contributed by atoms with Crippen LogP contribution in [0.25, 0.3) is 11.4 Å². The number of amides is 1. The second kappa shape index (κ2) is 10.7. The third-order valence-corrected chi connectivity index (χ3v) is 7.72. The van der Waals surface area contributed by atoms with E-state index in [2.05, 4.69) is 20.4 Å². The van der Waals surface area contributed by atoms with Crippen molar-refractivity contribution in [3.05, 3.63) is 64.0 Å². The zero-order valence-corrected chi connectivity index (χ0v) is 21.7. The van der Waals surface area contributed by atoms with Crippen molar-refractivity contribution in [2.45, 2.75) is 37.2 Å². The fourth-order valence-electron chi connectivity index (χ4n) is 4.12. The number of carbonyl (C=O) groups is 1. The lowest BCUT2D eigenvalue weighted by molar-refractivity contribution is -0.127. The summed E-state index contributed by atoms with van der Waals surface area (Å²) in [5.74, 6) is 0.637. The molecule has 1 aliphatic heterocycles. The Morgan fingerprint density at radius 3 is 2.66 bits per heavy atom. The molecule has 11 heteroatoms. The first kappa shape index (κ1) is 25.6. The van der Waals surface area contributed by atoms with Crippen molar-refractivity contribution in [3.8, 4) is 11.4 Å². The van der Waals surface area contributed by atoms with E-state index in [-0.39, 0.29) is 22.8 Å². The molecule has 3 aromatic rings. The van der Waals surface area contributed by atoms with Crippen LogP contribution in [0.3, 0.4) is 0 Å². The van der Waals surface area contributed by atoms with Crippen molar-refractivity contribution in [2.75, 3.05) is 19.3 Å². The second-order valence-corrected chi connectivity index (χ2v) is 11.6. The molecule has 0 saturated carbocycles. The molecule has 2 unspecified atom stereocenters. The summed E-state index contributed by atoms with van der Waals surface area (Å²) < 4.78 is 28.7. The van der Waals surface area contributed by atoms with Crippen molar-refractivity contribution in [1.29, 1.82) is 0 Å². The van der Waals surface area contributed by atoms with Crippen molar-refractivity contribution in [1.82, 2.24) is 20.4 Å². The van der Waals surface area contributed by atoms with Crippen molar-refractivity contribution < 1.29 is 17.7 Å². The van der Waals surface area contributed by atoms with Crippen LogP contribution in [-0.4, -0.2) is 48.7 Å². The Balaban J connectivity index is 1.35. The van der Waals surface area contributed by atoms with Gasteiger partial charge in [0.05, 0.1) is 28.4 Å². The molecular weight excluding hydrogens is 511 g/mol. The summed E-state index contributed by atoms with van der Waals surface area (Å²) in [5.41, 5.74) is 1.48. The lowest BCUT2D eigenvalue weighted by Gasteiger charge is -2.31. The third-order valence-electron chi connectivity index (χ3n) is 6.04. The van der Waals surface area contributed by atoms with Gasteiger partial charge in [0, 0.05) is 23.4 Å². The van der Waals surface area contributed by atoms with Crippen LogP contribution in [0.2, 0.25) is 10.0 Å². The highest BCUT2D eigenvalue weighted by Gasteiger charge is 2.28. The van der Waals surface area contributed by atoms with Gasteiger partial charge in [0.15, 0.2) is 9.84 Å². The molecule has 35 heavy (non-hydrogen) atoms. The number of carbonyl (C=O) groups excluding carboxylic acids is 1. The Morgan fingerprint density at radius 2 is 1.97 bits per heavy atom. The first-order valence-corrected chi connectivity index (χ1v) is 13.9. The van der Waals surface area contributed by atoms with Crippen LogP contribution in [0.1, 0.15) is 37.3 Å². The van der Waals surface area contributed by atoms with Gasteiger partial charge in [-0.05, 0) is 62.2 Å². The first-order chi connectivity index (χ1) is 16.6. The molecule has 2 aromatic carbocycles. The molecule has 0 bridgehead atoms. The SMILES string of the molecule is CC(NC(=O)C1CCCN(Cc2nc(-c3ccc(Cl)cc3Cl)no2)C1)c1ccc(S(C)(=O)=O)cc1. The van der Waals surface area contributed by atoms with Crippen LogP contribution in [0.15, 0.2) is 51.9 Å². The van der Waals surface area contributed by atoms with Gasteiger partial charge in [0.1, 0.15) is 0 Å². The number of halogens is 2. The van der Waals surface area contributed by atoms with Gasteiger partial charge in [-0.1, -0.05) is 40.5 Å². The van der Waals surface area contributed by atoms with E-state index < -0.39 is 9.84 Å². The molecule has 8 nitrogen and oxygen atoms in total. The minimum absolute atomic E-state index is 0.0337. The Morgan fingerprint density at radius 1 is 1.23 bits per heavy atom. The molecule has 1 saturated heterocycles. The number of benzene rings is 2. The van der Waals surface area contributed by atoms with E-state index in [1.54, 1.807) is 42.5 Å². The topological polar surface area (TPSA) is 105 Å². The number of sulfone groups is 1. The molecule has 4 rings (SSSR count). The predicted octanol–water partition coefficient (Wildman–Crippen LogP) is 4.54. The fraction of sp³-hybridized carbons (Fsp3) is 0.375. The largest absolute Gasteiger partial charge is 0.349 e. The lowest BCUT2D eigenvalue weighted by atomic mass is 9.96. The number of nitrogens with one attached hydrogen (secondary N) is 1. The van der Waals surface area contributed by atoms with E-state index in [1.807, 2.05) is 6.92 Å². The van der Waals surface area contributed by atoms with Gasteiger partial charge in [-0.15, -0.1) is 0 Å².